The van der Waals surface area contributed by atoms with Crippen LogP contribution >= 0.6 is 0 Å². The van der Waals surface area contributed by atoms with Gasteiger partial charge in [0.1, 0.15) is 6.61 Å². The molecule has 1 atom stereocenters. The summed E-state index contributed by atoms with van der Waals surface area (Å²) in [6.45, 7) is 7.85. The van der Waals surface area contributed by atoms with E-state index >= 15 is 0 Å². The van der Waals surface area contributed by atoms with Gasteiger partial charge >= 0.3 is 0 Å². The first kappa shape index (κ1) is 31.4. The average molecular weight is 606 g/mol. The van der Waals surface area contributed by atoms with Crippen molar-refractivity contribution in [1.29, 1.82) is 0 Å². The Kier molecular flexibility index (Phi) is 9.20. The summed E-state index contributed by atoms with van der Waals surface area (Å²) in [7, 11) is 3.06. The summed E-state index contributed by atoms with van der Waals surface area (Å²) in [6, 6.07) is 12.5. The lowest BCUT2D eigenvalue weighted by molar-refractivity contribution is -0.180. The van der Waals surface area contributed by atoms with E-state index in [0.29, 0.717) is 29.7 Å². The molecule has 2 aromatic carbocycles. The number of hydrogen-bond acceptors (Lipinski definition) is 7. The van der Waals surface area contributed by atoms with E-state index in [1.54, 1.807) is 43.2 Å². The Morgan fingerprint density at radius 3 is 2.34 bits per heavy atom. The molecule has 2 heterocycles. The fraction of sp³-hybridized carbons (Fsp3) is 0.500. The fourth-order valence-corrected chi connectivity index (χ4v) is 6.08. The van der Waals surface area contributed by atoms with Gasteiger partial charge in [-0.1, -0.05) is 38.1 Å². The molecule has 2 aliphatic heterocycles. The zero-order chi connectivity index (χ0) is 31.6. The van der Waals surface area contributed by atoms with Crippen LogP contribution in [0.25, 0.3) is 5.76 Å². The van der Waals surface area contributed by atoms with Crippen molar-refractivity contribution in [3.05, 3.63) is 70.5 Å². The van der Waals surface area contributed by atoms with Gasteiger partial charge in [0.25, 0.3) is 17.7 Å². The molecule has 0 bridgehead atoms. The number of rotatable bonds is 7. The number of aryl methyl sites for hydroxylation is 1. The second-order valence-corrected chi connectivity index (χ2v) is 11.7. The first-order chi connectivity index (χ1) is 21.2. The molecular weight excluding hydrogens is 562 g/mol. The van der Waals surface area contributed by atoms with E-state index in [9.17, 15) is 14.4 Å². The van der Waals surface area contributed by atoms with Crippen LogP contribution in [0, 0.1) is 6.92 Å². The SMILES string of the molecule is CC.COC1=C(c2ccc(C(=O)NC3CCC3)cc2)OCC(C)(C(=O)N2Cc3c(C)cccc3O2)N(C2CC(OC)C2)C1=O. The number of fused-ring (bicyclic) bond motifs is 1. The number of amides is 3. The highest BCUT2D eigenvalue weighted by Gasteiger charge is 2.55. The Hall–Kier alpha value is -4.05. The quantitative estimate of drug-likeness (QED) is 0.486. The summed E-state index contributed by atoms with van der Waals surface area (Å²) in [5.74, 6) is -0.110. The highest BCUT2D eigenvalue weighted by molar-refractivity contribution is 6.03. The number of carbonyl (C=O) groups is 3. The maximum absolute atomic E-state index is 14.3. The predicted molar refractivity (Wildman–Crippen MR) is 164 cm³/mol. The normalized spacial score (nSPS) is 24.5. The van der Waals surface area contributed by atoms with Crippen LogP contribution in [0.1, 0.15) is 79.9 Å². The van der Waals surface area contributed by atoms with Crippen LogP contribution in [-0.2, 0) is 30.3 Å². The van der Waals surface area contributed by atoms with Crippen molar-refractivity contribution in [2.45, 2.75) is 90.1 Å². The van der Waals surface area contributed by atoms with Gasteiger partial charge in [-0.15, -0.1) is 0 Å². The molecule has 4 aliphatic rings. The second-order valence-electron chi connectivity index (χ2n) is 11.7. The molecule has 6 rings (SSSR count). The fourth-order valence-electron chi connectivity index (χ4n) is 6.08. The third-order valence-electron chi connectivity index (χ3n) is 9.04. The number of hydroxylamine groups is 2. The lowest BCUT2D eigenvalue weighted by Crippen LogP contribution is -2.67. The number of ether oxygens (including phenoxy) is 3. The van der Waals surface area contributed by atoms with Crippen LogP contribution in [0.4, 0.5) is 0 Å². The van der Waals surface area contributed by atoms with E-state index in [1.807, 2.05) is 39.0 Å². The molecule has 2 fully saturated rings. The molecule has 44 heavy (non-hydrogen) atoms. The Bertz CT molecular complexity index is 1430. The molecule has 10 heteroatoms. The Morgan fingerprint density at radius 1 is 1.05 bits per heavy atom. The van der Waals surface area contributed by atoms with E-state index < -0.39 is 11.4 Å². The van der Waals surface area contributed by atoms with Crippen molar-refractivity contribution in [2.24, 2.45) is 0 Å². The molecule has 0 radical (unpaired) electrons. The van der Waals surface area contributed by atoms with E-state index in [-0.39, 0.29) is 54.7 Å². The summed E-state index contributed by atoms with van der Waals surface area (Å²) in [6.07, 6.45) is 4.29. The zero-order valence-corrected chi connectivity index (χ0v) is 26.5. The monoisotopic (exact) mass is 605 g/mol. The summed E-state index contributed by atoms with van der Waals surface area (Å²) in [5.41, 5.74) is 1.65. The van der Waals surface area contributed by atoms with Crippen molar-refractivity contribution in [3.63, 3.8) is 0 Å². The van der Waals surface area contributed by atoms with Crippen molar-refractivity contribution >= 4 is 23.5 Å². The molecule has 1 N–H and O–H groups in total. The first-order valence-corrected chi connectivity index (χ1v) is 15.5. The van der Waals surface area contributed by atoms with Gasteiger partial charge in [0.15, 0.2) is 17.0 Å². The number of methoxy groups -OCH3 is 2. The predicted octanol–water partition coefficient (Wildman–Crippen LogP) is 4.75. The molecule has 1 unspecified atom stereocenters. The minimum Gasteiger partial charge on any atom is -0.488 e. The highest BCUT2D eigenvalue weighted by Crippen LogP contribution is 2.41. The molecule has 0 spiro atoms. The largest absolute Gasteiger partial charge is 0.488 e. The summed E-state index contributed by atoms with van der Waals surface area (Å²) < 4.78 is 17.5. The van der Waals surface area contributed by atoms with E-state index in [1.165, 1.54) is 12.2 Å². The second kappa shape index (κ2) is 12.9. The molecule has 2 aromatic rings. The molecular formula is C34H43N3O7. The maximum Gasteiger partial charge on any atom is 0.294 e. The van der Waals surface area contributed by atoms with Gasteiger partial charge in [0.05, 0.1) is 19.8 Å². The molecule has 3 amide bonds. The lowest BCUT2D eigenvalue weighted by atomic mass is 9.83. The number of hydrogen-bond donors (Lipinski definition) is 1. The van der Waals surface area contributed by atoms with E-state index in [2.05, 4.69) is 5.32 Å². The maximum atomic E-state index is 14.3. The molecule has 236 valence electrons. The van der Waals surface area contributed by atoms with Gasteiger partial charge in [-0.2, -0.15) is 5.06 Å². The van der Waals surface area contributed by atoms with Gasteiger partial charge in [-0.3, -0.25) is 14.4 Å². The Morgan fingerprint density at radius 2 is 1.75 bits per heavy atom. The highest BCUT2D eigenvalue weighted by atomic mass is 16.7. The smallest absolute Gasteiger partial charge is 0.294 e. The Labute approximate surface area is 259 Å². The van der Waals surface area contributed by atoms with Crippen LogP contribution in [0.15, 0.2) is 48.2 Å². The molecule has 0 saturated heterocycles. The van der Waals surface area contributed by atoms with E-state index in [0.717, 1.165) is 30.4 Å². The minimum absolute atomic E-state index is 0.000493. The van der Waals surface area contributed by atoms with Crippen LogP contribution in [0.2, 0.25) is 0 Å². The number of benzene rings is 2. The molecule has 0 aromatic heterocycles. The van der Waals surface area contributed by atoms with Gasteiger partial charge in [-0.25, -0.2) is 0 Å². The van der Waals surface area contributed by atoms with Crippen LogP contribution in [0.3, 0.4) is 0 Å². The Balaban J connectivity index is 0.00000188. The molecule has 2 saturated carbocycles. The van der Waals surface area contributed by atoms with Crippen molar-refractivity contribution < 1.29 is 33.4 Å². The van der Waals surface area contributed by atoms with Gasteiger partial charge in [-0.05, 0) is 69.7 Å². The van der Waals surface area contributed by atoms with Crippen molar-refractivity contribution in [2.75, 3.05) is 20.8 Å². The summed E-state index contributed by atoms with van der Waals surface area (Å²) >= 11 is 0. The van der Waals surface area contributed by atoms with Crippen molar-refractivity contribution in [1.82, 2.24) is 15.3 Å². The van der Waals surface area contributed by atoms with Gasteiger partial charge in [0, 0.05) is 35.9 Å². The lowest BCUT2D eigenvalue weighted by Gasteiger charge is -2.49. The molecule has 10 nitrogen and oxygen atoms in total. The van der Waals surface area contributed by atoms with Crippen LogP contribution in [-0.4, -0.2) is 72.2 Å². The number of nitrogens with zero attached hydrogens (tertiary/aromatic N) is 2. The van der Waals surface area contributed by atoms with E-state index in [4.69, 9.17) is 19.0 Å². The van der Waals surface area contributed by atoms with Crippen LogP contribution in [0.5, 0.6) is 5.75 Å². The minimum atomic E-state index is -1.40. The standard InChI is InChI=1S/C32H37N3O7.C2H6/c1-19-7-5-10-26-25(19)17-34(42-26)31(38)32(2)18-41-27(28(40-4)30(37)35(32)23-15-24(16-23)39-3)20-11-13-21(14-12-20)29(36)33-22-8-6-9-22;1-2/h5,7,10-14,22-24H,6,8-9,15-18H2,1-4H3,(H,33,36);1-2H3. The van der Waals surface area contributed by atoms with Gasteiger partial charge < -0.3 is 29.3 Å². The number of nitrogens with one attached hydrogen (secondary N) is 1. The summed E-state index contributed by atoms with van der Waals surface area (Å²) in [5, 5.41) is 4.36. The third-order valence-corrected chi connectivity index (χ3v) is 9.04. The topological polar surface area (TPSA) is 107 Å². The first-order valence-electron chi connectivity index (χ1n) is 15.5. The average Bonchev–Trinajstić information content (AvgIpc) is 3.40. The number of carbonyl (C=O) groups excluding carboxylic acids is 3. The van der Waals surface area contributed by atoms with Gasteiger partial charge in [0.2, 0.25) is 5.76 Å². The third kappa shape index (κ3) is 5.63. The zero-order valence-electron chi connectivity index (χ0n) is 26.5. The van der Waals surface area contributed by atoms with Crippen LogP contribution < -0.4 is 10.2 Å². The molecule has 2 aliphatic carbocycles. The summed E-state index contributed by atoms with van der Waals surface area (Å²) in [4.78, 5) is 48.8. The van der Waals surface area contributed by atoms with Crippen molar-refractivity contribution in [3.8, 4) is 5.75 Å².